The number of rotatable bonds is 3. The lowest BCUT2D eigenvalue weighted by atomic mass is 10.0. The summed E-state index contributed by atoms with van der Waals surface area (Å²) in [5.41, 5.74) is -0.409. The van der Waals surface area contributed by atoms with Crippen LogP contribution in [0.1, 0.15) is 36.1 Å². The molecule has 2 aromatic rings. The molecule has 1 N–H and O–H groups in total. The van der Waals surface area contributed by atoms with Crippen molar-refractivity contribution < 1.29 is 18.0 Å². The number of carbonyl (C=O) groups is 1. The number of hydrogen-bond acceptors (Lipinski definition) is 4. The summed E-state index contributed by atoms with van der Waals surface area (Å²) in [5, 5.41) is 2.23. The molecule has 3 rings (SSSR count). The van der Waals surface area contributed by atoms with Crippen molar-refractivity contribution in [3.63, 3.8) is 0 Å². The summed E-state index contributed by atoms with van der Waals surface area (Å²) in [5.74, 6) is -3.57. The van der Waals surface area contributed by atoms with E-state index in [2.05, 4.69) is 27.1 Å². The standard InChI is InChI=1S/C18H19F3N4O/c1-10-4-3-7-25(9-10)15-8-14(22-11(2)23-15)18(26)24-13-6-5-12(19)16(20)17(13)21/h5-6,8,10H,3-4,7,9H2,1-2H3,(H,24,26). The average molecular weight is 364 g/mol. The van der Waals surface area contributed by atoms with Gasteiger partial charge < -0.3 is 10.2 Å². The molecule has 0 bridgehead atoms. The van der Waals surface area contributed by atoms with Crippen LogP contribution in [0.2, 0.25) is 0 Å². The molecular formula is C18H19F3N4O. The van der Waals surface area contributed by atoms with Gasteiger partial charge >= 0.3 is 0 Å². The normalized spacial score (nSPS) is 17.3. The molecule has 1 unspecified atom stereocenters. The van der Waals surface area contributed by atoms with E-state index in [4.69, 9.17) is 0 Å². The smallest absolute Gasteiger partial charge is 0.274 e. The molecule has 0 aliphatic carbocycles. The maximum atomic E-state index is 13.8. The first-order chi connectivity index (χ1) is 12.3. The molecule has 0 spiro atoms. The highest BCUT2D eigenvalue weighted by molar-refractivity contribution is 6.03. The van der Waals surface area contributed by atoms with Crippen molar-refractivity contribution in [3.05, 3.63) is 47.2 Å². The quantitative estimate of drug-likeness (QED) is 0.844. The fraction of sp³-hybridized carbons (Fsp3) is 0.389. The van der Waals surface area contributed by atoms with E-state index in [0.29, 0.717) is 17.6 Å². The number of halogens is 3. The molecule has 2 heterocycles. The zero-order chi connectivity index (χ0) is 18.8. The molecule has 1 amide bonds. The number of aromatic nitrogens is 2. The van der Waals surface area contributed by atoms with Crippen molar-refractivity contribution in [2.45, 2.75) is 26.7 Å². The average Bonchev–Trinajstić information content (AvgIpc) is 2.61. The molecule has 26 heavy (non-hydrogen) atoms. The molecule has 1 saturated heterocycles. The Morgan fingerprint density at radius 3 is 2.73 bits per heavy atom. The van der Waals surface area contributed by atoms with Gasteiger partial charge in [-0.3, -0.25) is 4.79 Å². The Bertz CT molecular complexity index is 843. The zero-order valence-electron chi connectivity index (χ0n) is 14.5. The lowest BCUT2D eigenvalue weighted by Crippen LogP contribution is -2.35. The first-order valence-electron chi connectivity index (χ1n) is 8.40. The molecule has 1 atom stereocenters. The number of carbonyl (C=O) groups excluding carboxylic acids is 1. The van der Waals surface area contributed by atoms with Gasteiger partial charge in [-0.15, -0.1) is 0 Å². The predicted molar refractivity (Wildman–Crippen MR) is 91.6 cm³/mol. The molecule has 8 heteroatoms. The van der Waals surface area contributed by atoms with Crippen LogP contribution in [-0.4, -0.2) is 29.0 Å². The number of hydrogen-bond donors (Lipinski definition) is 1. The molecule has 0 saturated carbocycles. The van der Waals surface area contributed by atoms with Crippen LogP contribution in [0.3, 0.4) is 0 Å². The third-order valence-electron chi connectivity index (χ3n) is 4.32. The van der Waals surface area contributed by atoms with Gasteiger partial charge in [0.25, 0.3) is 5.91 Å². The lowest BCUT2D eigenvalue weighted by Gasteiger charge is -2.32. The number of nitrogens with zero attached hydrogens (tertiary/aromatic N) is 3. The van der Waals surface area contributed by atoms with E-state index in [-0.39, 0.29) is 5.69 Å². The molecule has 5 nitrogen and oxygen atoms in total. The summed E-state index contributed by atoms with van der Waals surface area (Å²) < 4.78 is 40.1. The summed E-state index contributed by atoms with van der Waals surface area (Å²) >= 11 is 0. The van der Waals surface area contributed by atoms with E-state index < -0.39 is 29.0 Å². The van der Waals surface area contributed by atoms with Crippen LogP contribution >= 0.6 is 0 Å². The van der Waals surface area contributed by atoms with Crippen molar-refractivity contribution in [1.82, 2.24) is 9.97 Å². The Balaban J connectivity index is 1.85. The molecule has 1 aliphatic rings. The van der Waals surface area contributed by atoms with Gasteiger partial charge in [0.2, 0.25) is 0 Å². The van der Waals surface area contributed by atoms with Crippen LogP contribution in [-0.2, 0) is 0 Å². The number of anilines is 2. The Labute approximate surface area is 149 Å². The second kappa shape index (κ2) is 7.31. The zero-order valence-corrected chi connectivity index (χ0v) is 14.5. The van der Waals surface area contributed by atoms with Crippen LogP contribution in [0.5, 0.6) is 0 Å². The highest BCUT2D eigenvalue weighted by atomic mass is 19.2. The van der Waals surface area contributed by atoms with E-state index in [0.717, 1.165) is 38.1 Å². The SMILES string of the molecule is Cc1nc(C(=O)Nc2ccc(F)c(F)c2F)cc(N2CCCC(C)C2)n1. The minimum absolute atomic E-state index is 0.0369. The summed E-state index contributed by atoms with van der Waals surface area (Å²) in [4.78, 5) is 22.9. The summed E-state index contributed by atoms with van der Waals surface area (Å²) in [6, 6.07) is 3.24. The number of benzene rings is 1. The second-order valence-corrected chi connectivity index (χ2v) is 6.53. The maximum Gasteiger partial charge on any atom is 0.274 e. The van der Waals surface area contributed by atoms with E-state index in [1.165, 1.54) is 6.07 Å². The largest absolute Gasteiger partial charge is 0.356 e. The minimum atomic E-state index is -1.63. The first-order valence-corrected chi connectivity index (χ1v) is 8.40. The number of amides is 1. The van der Waals surface area contributed by atoms with E-state index in [9.17, 15) is 18.0 Å². The van der Waals surface area contributed by atoms with E-state index >= 15 is 0 Å². The van der Waals surface area contributed by atoms with Gasteiger partial charge in [0, 0.05) is 19.2 Å². The summed E-state index contributed by atoms with van der Waals surface area (Å²) in [7, 11) is 0. The van der Waals surface area contributed by atoms with Crippen molar-refractivity contribution in [2.24, 2.45) is 5.92 Å². The van der Waals surface area contributed by atoms with Crippen molar-refractivity contribution in [1.29, 1.82) is 0 Å². The monoisotopic (exact) mass is 364 g/mol. The third-order valence-corrected chi connectivity index (χ3v) is 4.32. The highest BCUT2D eigenvalue weighted by Gasteiger charge is 2.21. The fourth-order valence-corrected chi connectivity index (χ4v) is 3.04. The van der Waals surface area contributed by atoms with Crippen molar-refractivity contribution >= 4 is 17.4 Å². The van der Waals surface area contributed by atoms with Gasteiger partial charge in [-0.05, 0) is 37.8 Å². The van der Waals surface area contributed by atoms with Gasteiger partial charge in [0.05, 0.1) is 5.69 Å². The van der Waals surface area contributed by atoms with Gasteiger partial charge in [0.1, 0.15) is 17.3 Å². The van der Waals surface area contributed by atoms with Crippen LogP contribution in [0, 0.1) is 30.3 Å². The number of nitrogens with one attached hydrogen (secondary N) is 1. The summed E-state index contributed by atoms with van der Waals surface area (Å²) in [6.07, 6.45) is 2.18. The third kappa shape index (κ3) is 3.79. The Morgan fingerprint density at radius 1 is 1.23 bits per heavy atom. The van der Waals surface area contributed by atoms with Crippen LogP contribution < -0.4 is 10.2 Å². The lowest BCUT2D eigenvalue weighted by molar-refractivity contribution is 0.102. The topological polar surface area (TPSA) is 58.1 Å². The first kappa shape index (κ1) is 18.2. The van der Waals surface area contributed by atoms with Gasteiger partial charge in [-0.2, -0.15) is 0 Å². The number of piperidine rings is 1. The van der Waals surface area contributed by atoms with Crippen LogP contribution in [0.4, 0.5) is 24.7 Å². The molecule has 0 radical (unpaired) electrons. The molecule has 1 aromatic heterocycles. The van der Waals surface area contributed by atoms with Gasteiger partial charge in [0.15, 0.2) is 17.5 Å². The van der Waals surface area contributed by atoms with Crippen molar-refractivity contribution in [2.75, 3.05) is 23.3 Å². The second-order valence-electron chi connectivity index (χ2n) is 6.53. The molecular weight excluding hydrogens is 345 g/mol. The van der Waals surface area contributed by atoms with E-state index in [1.807, 2.05) is 0 Å². The Kier molecular flexibility index (Phi) is 5.11. The maximum absolute atomic E-state index is 13.8. The molecule has 138 valence electrons. The predicted octanol–water partition coefficient (Wildman–Crippen LogP) is 3.69. The molecule has 1 aliphatic heterocycles. The van der Waals surface area contributed by atoms with E-state index in [1.54, 1.807) is 6.92 Å². The number of aryl methyl sites for hydroxylation is 1. The molecule has 1 fully saturated rings. The molecule has 1 aromatic carbocycles. The van der Waals surface area contributed by atoms with Gasteiger partial charge in [-0.1, -0.05) is 6.92 Å². The fourth-order valence-electron chi connectivity index (χ4n) is 3.04. The Hall–Kier alpha value is -2.64. The van der Waals surface area contributed by atoms with Crippen LogP contribution in [0.15, 0.2) is 18.2 Å². The summed E-state index contributed by atoms with van der Waals surface area (Å²) in [6.45, 7) is 5.47. The Morgan fingerprint density at radius 2 is 2.00 bits per heavy atom. The van der Waals surface area contributed by atoms with Crippen molar-refractivity contribution in [3.8, 4) is 0 Å². The van der Waals surface area contributed by atoms with Crippen LogP contribution in [0.25, 0.3) is 0 Å². The minimum Gasteiger partial charge on any atom is -0.356 e. The highest BCUT2D eigenvalue weighted by Crippen LogP contribution is 2.23. The van der Waals surface area contributed by atoms with Gasteiger partial charge in [-0.25, -0.2) is 23.1 Å².